The first kappa shape index (κ1) is 24.1. The maximum atomic E-state index is 8.93. The number of benzene rings is 2. The fourth-order valence-electron chi connectivity index (χ4n) is 4.94. The van der Waals surface area contributed by atoms with Crippen molar-refractivity contribution in [3.05, 3.63) is 95.3 Å². The number of nitrogen functional groups attached to an aromatic ring is 1. The van der Waals surface area contributed by atoms with E-state index in [1.165, 1.54) is 18.4 Å². The summed E-state index contributed by atoms with van der Waals surface area (Å²) in [6, 6.07) is 18.5. The molecule has 1 aromatic heterocycles. The minimum Gasteiger partial charge on any atom is -0.398 e. The summed E-state index contributed by atoms with van der Waals surface area (Å²) >= 11 is 0. The van der Waals surface area contributed by atoms with Gasteiger partial charge in [-0.1, -0.05) is 31.2 Å². The number of nitrogens with one attached hydrogen (secondary N) is 2. The molecule has 2 heterocycles. The van der Waals surface area contributed by atoms with Gasteiger partial charge in [-0.15, -0.1) is 0 Å². The zero-order valence-electron chi connectivity index (χ0n) is 21.0. The highest BCUT2D eigenvalue weighted by atomic mass is 16.5. The van der Waals surface area contributed by atoms with E-state index in [1.807, 2.05) is 42.7 Å². The van der Waals surface area contributed by atoms with Crippen LogP contribution in [-0.4, -0.2) is 43.5 Å². The Labute approximate surface area is 213 Å². The lowest BCUT2D eigenvalue weighted by atomic mass is 9.95. The summed E-state index contributed by atoms with van der Waals surface area (Å²) in [6.45, 7) is 6.33. The van der Waals surface area contributed by atoms with Crippen molar-refractivity contribution in [2.24, 2.45) is 0 Å². The highest BCUT2D eigenvalue weighted by Gasteiger charge is 2.44. The SMILES string of the molecule is CC/C=C(\NCC1(c2ccncc2)CC1)c1ccc(N)c(C(=N)c2ccc(N3CCOCC3)cc2)c1. The molecular weight excluding hydrogens is 446 g/mol. The largest absolute Gasteiger partial charge is 0.398 e. The molecule has 1 saturated carbocycles. The van der Waals surface area contributed by atoms with Crippen LogP contribution in [0.4, 0.5) is 11.4 Å². The van der Waals surface area contributed by atoms with Crippen LogP contribution < -0.4 is 16.0 Å². The van der Waals surface area contributed by atoms with Crippen molar-refractivity contribution in [1.29, 1.82) is 5.41 Å². The van der Waals surface area contributed by atoms with Crippen molar-refractivity contribution in [3.63, 3.8) is 0 Å². The number of hydrogen-bond acceptors (Lipinski definition) is 6. The Balaban J connectivity index is 1.34. The van der Waals surface area contributed by atoms with Gasteiger partial charge in [0.15, 0.2) is 0 Å². The Morgan fingerprint density at radius 3 is 2.42 bits per heavy atom. The number of morpholine rings is 1. The number of ether oxygens (including phenoxy) is 1. The molecule has 2 aromatic carbocycles. The monoisotopic (exact) mass is 481 g/mol. The normalized spacial score (nSPS) is 17.0. The second-order valence-corrected chi connectivity index (χ2v) is 9.72. The van der Waals surface area contributed by atoms with Crippen LogP contribution in [-0.2, 0) is 10.2 Å². The van der Waals surface area contributed by atoms with Crippen LogP contribution in [0.5, 0.6) is 0 Å². The van der Waals surface area contributed by atoms with Gasteiger partial charge in [0.25, 0.3) is 0 Å². The first-order valence-corrected chi connectivity index (χ1v) is 12.9. The van der Waals surface area contributed by atoms with Crippen molar-refractivity contribution < 1.29 is 4.74 Å². The van der Waals surface area contributed by atoms with Gasteiger partial charge in [0.1, 0.15) is 0 Å². The van der Waals surface area contributed by atoms with Crippen molar-refractivity contribution >= 4 is 22.8 Å². The van der Waals surface area contributed by atoms with Crippen LogP contribution in [0.15, 0.2) is 73.1 Å². The Morgan fingerprint density at radius 2 is 1.75 bits per heavy atom. The molecule has 5 rings (SSSR count). The van der Waals surface area contributed by atoms with Gasteiger partial charge in [-0.05, 0) is 66.8 Å². The molecule has 1 aliphatic heterocycles. The predicted octanol–water partition coefficient (Wildman–Crippen LogP) is 4.99. The summed E-state index contributed by atoms with van der Waals surface area (Å²) < 4.78 is 5.46. The quantitative estimate of drug-likeness (QED) is 0.296. The smallest absolute Gasteiger partial charge is 0.0705 e. The van der Waals surface area contributed by atoms with Gasteiger partial charge in [-0.25, -0.2) is 0 Å². The molecule has 6 heteroatoms. The zero-order chi connectivity index (χ0) is 25.0. The van der Waals surface area contributed by atoms with Gasteiger partial charge in [-0.2, -0.15) is 0 Å². The van der Waals surface area contributed by atoms with Gasteiger partial charge < -0.3 is 20.7 Å². The second-order valence-electron chi connectivity index (χ2n) is 9.72. The average Bonchev–Trinajstić information content (AvgIpc) is 3.73. The van der Waals surface area contributed by atoms with Gasteiger partial charge >= 0.3 is 0 Å². The standard InChI is InChI=1S/C30H35N5O/c1-2-3-28(34-21-30(12-13-30)24-10-14-33-15-11-24)23-6-9-27(31)26(20-23)29(32)22-4-7-25(8-5-22)35-16-18-36-19-17-35/h3-11,14-15,20,32,34H,2,12-13,16-19,21,31H2,1H3/b28-3-,32-29?. The topological polar surface area (TPSA) is 87.3 Å². The molecule has 0 unspecified atom stereocenters. The summed E-state index contributed by atoms with van der Waals surface area (Å²) in [5, 5.41) is 12.7. The number of aromatic nitrogens is 1. The highest BCUT2D eigenvalue weighted by Crippen LogP contribution is 2.47. The number of anilines is 2. The van der Waals surface area contributed by atoms with Gasteiger partial charge in [0.2, 0.25) is 0 Å². The molecule has 0 atom stereocenters. The lowest BCUT2D eigenvalue weighted by Gasteiger charge is -2.29. The van der Waals surface area contributed by atoms with Crippen molar-refractivity contribution in [2.45, 2.75) is 31.6 Å². The molecule has 4 N–H and O–H groups in total. The summed E-state index contributed by atoms with van der Waals surface area (Å²) in [6.07, 6.45) is 9.26. The third-order valence-electron chi connectivity index (χ3n) is 7.34. The van der Waals surface area contributed by atoms with Crippen LogP contribution in [0, 0.1) is 5.41 Å². The first-order chi connectivity index (χ1) is 17.6. The van der Waals surface area contributed by atoms with Crippen molar-refractivity contribution in [3.8, 4) is 0 Å². The minimum atomic E-state index is 0.182. The number of nitrogens with two attached hydrogens (primary N) is 1. The van der Waals surface area contributed by atoms with Crippen LogP contribution >= 0.6 is 0 Å². The van der Waals surface area contributed by atoms with Crippen molar-refractivity contribution in [2.75, 3.05) is 43.5 Å². The fourth-order valence-corrected chi connectivity index (χ4v) is 4.94. The van der Waals surface area contributed by atoms with E-state index in [1.54, 1.807) is 0 Å². The molecule has 0 spiro atoms. The molecule has 2 fully saturated rings. The minimum absolute atomic E-state index is 0.182. The molecule has 1 aliphatic carbocycles. The number of nitrogens with zero attached hydrogens (tertiary/aromatic N) is 2. The molecule has 6 nitrogen and oxygen atoms in total. The van der Waals surface area contributed by atoms with E-state index in [-0.39, 0.29) is 5.41 Å². The fraction of sp³-hybridized carbons (Fsp3) is 0.333. The Bertz CT molecular complexity index is 1230. The molecule has 3 aromatic rings. The van der Waals surface area contributed by atoms with Gasteiger partial charge in [-0.3, -0.25) is 10.4 Å². The summed E-state index contributed by atoms with van der Waals surface area (Å²) in [5.41, 5.74) is 13.9. The Kier molecular flexibility index (Phi) is 7.05. The maximum Gasteiger partial charge on any atom is 0.0705 e. The number of pyridine rings is 1. The van der Waals surface area contributed by atoms with Crippen LogP contribution in [0.25, 0.3) is 5.70 Å². The van der Waals surface area contributed by atoms with E-state index < -0.39 is 0 Å². The molecule has 36 heavy (non-hydrogen) atoms. The lowest BCUT2D eigenvalue weighted by Crippen LogP contribution is -2.36. The number of allylic oxidation sites excluding steroid dienone is 1. The van der Waals surface area contributed by atoms with Gasteiger partial charge in [0, 0.05) is 65.6 Å². The molecule has 2 aliphatic rings. The summed E-state index contributed by atoms with van der Waals surface area (Å²) in [4.78, 5) is 6.49. The number of hydrogen-bond donors (Lipinski definition) is 3. The van der Waals surface area contributed by atoms with E-state index >= 15 is 0 Å². The third kappa shape index (κ3) is 5.14. The molecule has 0 radical (unpaired) electrons. The van der Waals surface area contributed by atoms with E-state index in [0.29, 0.717) is 11.4 Å². The summed E-state index contributed by atoms with van der Waals surface area (Å²) in [7, 11) is 0. The Hall–Kier alpha value is -3.64. The van der Waals surface area contributed by atoms with E-state index in [4.69, 9.17) is 15.9 Å². The number of rotatable bonds is 9. The molecule has 1 saturated heterocycles. The summed E-state index contributed by atoms with van der Waals surface area (Å²) in [5.74, 6) is 0. The van der Waals surface area contributed by atoms with Crippen LogP contribution in [0.1, 0.15) is 48.4 Å². The highest BCUT2D eigenvalue weighted by molar-refractivity contribution is 6.14. The molecular formula is C30H35N5O. The Morgan fingerprint density at radius 1 is 1.06 bits per heavy atom. The predicted molar refractivity (Wildman–Crippen MR) is 148 cm³/mol. The van der Waals surface area contributed by atoms with Crippen LogP contribution in [0.2, 0.25) is 0 Å². The molecule has 186 valence electrons. The van der Waals surface area contributed by atoms with Gasteiger partial charge in [0.05, 0.1) is 18.9 Å². The molecule has 0 amide bonds. The van der Waals surface area contributed by atoms with Crippen LogP contribution in [0.3, 0.4) is 0 Å². The van der Waals surface area contributed by atoms with E-state index in [9.17, 15) is 0 Å². The zero-order valence-corrected chi connectivity index (χ0v) is 21.0. The lowest BCUT2D eigenvalue weighted by molar-refractivity contribution is 0.122. The molecule has 0 bridgehead atoms. The van der Waals surface area contributed by atoms with E-state index in [2.05, 4.69) is 52.5 Å². The van der Waals surface area contributed by atoms with E-state index in [0.717, 1.165) is 67.3 Å². The average molecular weight is 482 g/mol. The van der Waals surface area contributed by atoms with Crippen molar-refractivity contribution in [1.82, 2.24) is 10.3 Å². The second kappa shape index (κ2) is 10.5. The first-order valence-electron chi connectivity index (χ1n) is 12.9. The third-order valence-corrected chi connectivity index (χ3v) is 7.34. The maximum absolute atomic E-state index is 8.93.